The zero-order chi connectivity index (χ0) is 20.7. The molecule has 0 aliphatic carbocycles. The number of nitrogens with one attached hydrogen (secondary N) is 1. The number of hydrogen-bond acceptors (Lipinski definition) is 5. The normalized spacial score (nSPS) is 14.2. The van der Waals surface area contributed by atoms with Crippen molar-refractivity contribution in [3.05, 3.63) is 70.9 Å². The topological polar surface area (TPSA) is 96.5 Å². The third-order valence-electron chi connectivity index (χ3n) is 4.98. The molecule has 1 unspecified atom stereocenters. The minimum atomic E-state index is -1.06. The van der Waals surface area contributed by atoms with Gasteiger partial charge >= 0.3 is 5.97 Å². The first-order valence-electron chi connectivity index (χ1n) is 9.14. The Kier molecular flexibility index (Phi) is 4.50. The van der Waals surface area contributed by atoms with E-state index in [0.717, 1.165) is 15.8 Å². The standard InChI is InChI=1S/C22H18N2O5/c1-12-19(16-9-5-6-10-17(16)23-12)20(26)13(2)29-18(25)11-24-21(27)14-7-3-4-8-15(14)22(24)28/h3-10,13,23H,11H2,1-2H3. The Labute approximate surface area is 166 Å². The number of carbonyl (C=O) groups is 4. The molecule has 0 saturated carbocycles. The van der Waals surface area contributed by atoms with Crippen molar-refractivity contribution in [1.29, 1.82) is 0 Å². The maximum atomic E-state index is 12.9. The number of amides is 2. The highest BCUT2D eigenvalue weighted by Gasteiger charge is 2.37. The summed E-state index contributed by atoms with van der Waals surface area (Å²) in [4.78, 5) is 53.9. The Balaban J connectivity index is 1.48. The van der Waals surface area contributed by atoms with Crippen molar-refractivity contribution < 1.29 is 23.9 Å². The van der Waals surface area contributed by atoms with Gasteiger partial charge < -0.3 is 9.72 Å². The predicted octanol–water partition coefficient (Wildman–Crippen LogP) is 2.89. The summed E-state index contributed by atoms with van der Waals surface area (Å²) in [6.07, 6.45) is -1.06. The Hall–Kier alpha value is -3.74. The molecule has 146 valence electrons. The van der Waals surface area contributed by atoms with Crippen LogP contribution in [0.1, 0.15) is 43.7 Å². The van der Waals surface area contributed by atoms with Gasteiger partial charge in [-0.2, -0.15) is 0 Å². The van der Waals surface area contributed by atoms with E-state index in [9.17, 15) is 19.2 Å². The smallest absolute Gasteiger partial charge is 0.326 e. The van der Waals surface area contributed by atoms with Crippen molar-refractivity contribution >= 4 is 34.5 Å². The second-order valence-electron chi connectivity index (χ2n) is 6.91. The lowest BCUT2D eigenvalue weighted by molar-refractivity contribution is -0.146. The number of carbonyl (C=O) groups excluding carboxylic acids is 4. The highest BCUT2D eigenvalue weighted by Crippen LogP contribution is 2.25. The summed E-state index contributed by atoms with van der Waals surface area (Å²) >= 11 is 0. The quantitative estimate of drug-likeness (QED) is 0.410. The minimum Gasteiger partial charge on any atom is -0.453 e. The number of H-pyrrole nitrogens is 1. The van der Waals surface area contributed by atoms with Crippen molar-refractivity contribution in [2.45, 2.75) is 20.0 Å². The number of ether oxygens (including phenoxy) is 1. The van der Waals surface area contributed by atoms with Crippen molar-refractivity contribution in [1.82, 2.24) is 9.88 Å². The number of Topliss-reactive ketones (excluding diaryl/α,β-unsaturated/α-hetero) is 1. The van der Waals surface area contributed by atoms with Crippen LogP contribution in [-0.4, -0.2) is 46.1 Å². The second kappa shape index (κ2) is 7.01. The van der Waals surface area contributed by atoms with Gasteiger partial charge in [-0.15, -0.1) is 0 Å². The summed E-state index contributed by atoms with van der Waals surface area (Å²) < 4.78 is 5.25. The van der Waals surface area contributed by atoms with Gasteiger partial charge in [-0.3, -0.25) is 24.1 Å². The van der Waals surface area contributed by atoms with E-state index in [-0.39, 0.29) is 16.9 Å². The number of nitrogens with zero attached hydrogens (tertiary/aromatic N) is 1. The van der Waals surface area contributed by atoms with Crippen LogP contribution >= 0.6 is 0 Å². The molecule has 4 rings (SSSR count). The van der Waals surface area contributed by atoms with Crippen LogP contribution < -0.4 is 0 Å². The van der Waals surface area contributed by atoms with E-state index in [4.69, 9.17) is 4.74 Å². The van der Waals surface area contributed by atoms with E-state index in [0.29, 0.717) is 11.3 Å². The number of hydrogen-bond donors (Lipinski definition) is 1. The maximum Gasteiger partial charge on any atom is 0.326 e. The van der Waals surface area contributed by atoms with E-state index in [2.05, 4.69) is 4.98 Å². The van der Waals surface area contributed by atoms with Gasteiger partial charge in [0.2, 0.25) is 5.78 Å². The van der Waals surface area contributed by atoms with Crippen LogP contribution in [0.4, 0.5) is 0 Å². The Morgan fingerprint density at radius 1 is 1.00 bits per heavy atom. The molecular weight excluding hydrogens is 372 g/mol. The number of aromatic nitrogens is 1. The third-order valence-corrected chi connectivity index (χ3v) is 4.98. The van der Waals surface area contributed by atoms with Crippen LogP contribution in [0.3, 0.4) is 0 Å². The zero-order valence-corrected chi connectivity index (χ0v) is 15.9. The number of fused-ring (bicyclic) bond motifs is 2. The Bertz CT molecular complexity index is 1140. The van der Waals surface area contributed by atoms with Gasteiger partial charge in [0.05, 0.1) is 11.1 Å². The molecule has 0 radical (unpaired) electrons. The molecule has 3 aromatic rings. The molecule has 1 N–H and O–H groups in total. The lowest BCUT2D eigenvalue weighted by Crippen LogP contribution is -2.37. The fraction of sp³-hybridized carbons (Fsp3) is 0.182. The van der Waals surface area contributed by atoms with Gasteiger partial charge in [0.1, 0.15) is 6.54 Å². The SMILES string of the molecule is Cc1[nH]c2ccccc2c1C(=O)C(C)OC(=O)CN1C(=O)c2ccccc2C1=O. The van der Waals surface area contributed by atoms with Crippen LogP contribution in [0.2, 0.25) is 0 Å². The summed E-state index contributed by atoms with van der Waals surface area (Å²) in [6, 6.07) is 13.7. The van der Waals surface area contributed by atoms with Crippen molar-refractivity contribution in [3.63, 3.8) is 0 Å². The van der Waals surface area contributed by atoms with Gasteiger partial charge in [-0.25, -0.2) is 0 Å². The van der Waals surface area contributed by atoms with Crippen molar-refractivity contribution in [3.8, 4) is 0 Å². The first kappa shape index (κ1) is 18.6. The number of aryl methyl sites for hydroxylation is 1. The van der Waals surface area contributed by atoms with Crippen molar-refractivity contribution in [2.75, 3.05) is 6.54 Å². The minimum absolute atomic E-state index is 0.254. The number of rotatable bonds is 5. The van der Waals surface area contributed by atoms with Crippen LogP contribution in [-0.2, 0) is 9.53 Å². The summed E-state index contributed by atoms with van der Waals surface area (Å²) in [5.41, 5.74) is 2.46. The molecule has 7 nitrogen and oxygen atoms in total. The Morgan fingerprint density at radius 2 is 1.59 bits per heavy atom. The third kappa shape index (κ3) is 3.10. The van der Waals surface area contributed by atoms with Crippen LogP contribution in [0, 0.1) is 6.92 Å². The lowest BCUT2D eigenvalue weighted by Gasteiger charge is -2.16. The van der Waals surface area contributed by atoms with Crippen molar-refractivity contribution in [2.24, 2.45) is 0 Å². The van der Waals surface area contributed by atoms with Crippen LogP contribution in [0.25, 0.3) is 10.9 Å². The monoisotopic (exact) mass is 390 g/mol. The molecule has 7 heteroatoms. The highest BCUT2D eigenvalue weighted by atomic mass is 16.5. The first-order chi connectivity index (χ1) is 13.9. The second-order valence-corrected chi connectivity index (χ2v) is 6.91. The van der Waals surface area contributed by atoms with Gasteiger partial charge in [0, 0.05) is 22.2 Å². The number of ketones is 1. The number of esters is 1. The Morgan fingerprint density at radius 3 is 2.24 bits per heavy atom. The van der Waals surface area contributed by atoms with E-state index >= 15 is 0 Å². The molecule has 1 aromatic heterocycles. The molecule has 1 aliphatic rings. The van der Waals surface area contributed by atoms with Gasteiger partial charge in [0.25, 0.3) is 11.8 Å². The molecule has 1 atom stereocenters. The molecule has 2 amide bonds. The molecule has 0 bridgehead atoms. The maximum absolute atomic E-state index is 12.9. The number of imide groups is 1. The molecule has 2 aromatic carbocycles. The van der Waals surface area contributed by atoms with E-state index < -0.39 is 30.4 Å². The average molecular weight is 390 g/mol. The van der Waals surface area contributed by atoms with E-state index in [1.807, 2.05) is 24.3 Å². The van der Waals surface area contributed by atoms with Crippen LogP contribution in [0.5, 0.6) is 0 Å². The molecule has 0 spiro atoms. The van der Waals surface area contributed by atoms with Gasteiger partial charge in [-0.05, 0) is 32.0 Å². The number of benzene rings is 2. The highest BCUT2D eigenvalue weighted by molar-refractivity contribution is 6.22. The summed E-state index contributed by atoms with van der Waals surface area (Å²) in [5.74, 6) is -2.27. The number of aromatic amines is 1. The predicted molar refractivity (Wildman–Crippen MR) is 105 cm³/mol. The largest absolute Gasteiger partial charge is 0.453 e. The molecular formula is C22H18N2O5. The fourth-order valence-corrected chi connectivity index (χ4v) is 3.60. The summed E-state index contributed by atoms with van der Waals surface area (Å²) in [6.45, 7) is 2.71. The van der Waals surface area contributed by atoms with Crippen LogP contribution in [0.15, 0.2) is 48.5 Å². The first-order valence-corrected chi connectivity index (χ1v) is 9.14. The molecule has 0 fully saturated rings. The average Bonchev–Trinajstić information content (AvgIpc) is 3.16. The molecule has 0 saturated heterocycles. The number of para-hydroxylation sites is 1. The van der Waals surface area contributed by atoms with E-state index in [1.165, 1.54) is 19.1 Å². The summed E-state index contributed by atoms with van der Waals surface area (Å²) in [5, 5.41) is 0.748. The van der Waals surface area contributed by atoms with E-state index in [1.54, 1.807) is 19.1 Å². The lowest BCUT2D eigenvalue weighted by atomic mass is 10.0. The van der Waals surface area contributed by atoms with Gasteiger partial charge in [0.15, 0.2) is 6.10 Å². The van der Waals surface area contributed by atoms with Gasteiger partial charge in [-0.1, -0.05) is 30.3 Å². The molecule has 1 aliphatic heterocycles. The molecule has 2 heterocycles. The fourth-order valence-electron chi connectivity index (χ4n) is 3.60. The summed E-state index contributed by atoms with van der Waals surface area (Å²) in [7, 11) is 0. The zero-order valence-electron chi connectivity index (χ0n) is 15.9. The molecule has 29 heavy (non-hydrogen) atoms.